The van der Waals surface area contributed by atoms with Gasteiger partial charge >= 0.3 is 0 Å². The van der Waals surface area contributed by atoms with E-state index in [1.807, 2.05) is 22.8 Å². The fourth-order valence-corrected chi connectivity index (χ4v) is 2.38. The van der Waals surface area contributed by atoms with Crippen LogP contribution in [0.1, 0.15) is 11.1 Å². The van der Waals surface area contributed by atoms with Crippen LogP contribution in [0, 0.1) is 18.6 Å². The van der Waals surface area contributed by atoms with E-state index >= 15 is 0 Å². The van der Waals surface area contributed by atoms with Gasteiger partial charge in [0.15, 0.2) is 10.6 Å². The number of nitrogens with one attached hydrogen (secondary N) is 1. The number of hydrogen-bond donors (Lipinski definition) is 1. The van der Waals surface area contributed by atoms with Crippen LogP contribution in [0.2, 0.25) is 0 Å². The molecule has 0 saturated heterocycles. The molecular formula is C15H14N4S. The molecule has 5 heteroatoms. The van der Waals surface area contributed by atoms with Crippen molar-refractivity contribution in [3.8, 4) is 17.2 Å². The highest BCUT2D eigenvalue weighted by Crippen LogP contribution is 2.22. The summed E-state index contributed by atoms with van der Waals surface area (Å²) in [5, 5.41) is 7.17. The van der Waals surface area contributed by atoms with Crippen molar-refractivity contribution in [2.75, 3.05) is 0 Å². The first-order valence-corrected chi connectivity index (χ1v) is 6.74. The molecule has 1 aromatic carbocycles. The maximum absolute atomic E-state index is 5.37. The largest absolute Gasteiger partial charge is 0.267 e. The summed E-state index contributed by atoms with van der Waals surface area (Å²) in [4.78, 5) is 4.35. The van der Waals surface area contributed by atoms with E-state index in [2.05, 4.69) is 47.2 Å². The molecule has 0 unspecified atom stereocenters. The Morgan fingerprint density at radius 3 is 2.75 bits per heavy atom. The smallest absolute Gasteiger partial charge is 0.200 e. The highest BCUT2D eigenvalue weighted by atomic mass is 32.1. The molecule has 20 heavy (non-hydrogen) atoms. The van der Waals surface area contributed by atoms with Crippen LogP contribution in [0.15, 0.2) is 42.6 Å². The van der Waals surface area contributed by atoms with Gasteiger partial charge in [-0.05, 0) is 55.4 Å². The highest BCUT2D eigenvalue weighted by Gasteiger charge is 2.13. The molecule has 100 valence electrons. The third-order valence-corrected chi connectivity index (χ3v) is 3.45. The van der Waals surface area contributed by atoms with Crippen molar-refractivity contribution < 1.29 is 0 Å². The van der Waals surface area contributed by atoms with E-state index in [0.29, 0.717) is 4.77 Å². The number of aromatic amines is 1. The zero-order valence-corrected chi connectivity index (χ0v) is 12.1. The van der Waals surface area contributed by atoms with Gasteiger partial charge in [-0.2, -0.15) is 5.10 Å². The summed E-state index contributed by atoms with van der Waals surface area (Å²) in [5.41, 5.74) is 4.15. The molecule has 0 atom stereocenters. The summed E-state index contributed by atoms with van der Waals surface area (Å²) in [6.45, 7) is 4.12. The monoisotopic (exact) mass is 282 g/mol. The van der Waals surface area contributed by atoms with Crippen molar-refractivity contribution >= 4 is 12.2 Å². The normalized spacial score (nSPS) is 10.7. The van der Waals surface area contributed by atoms with Crippen molar-refractivity contribution in [1.82, 2.24) is 19.7 Å². The minimum atomic E-state index is 0.569. The first-order chi connectivity index (χ1) is 9.66. The summed E-state index contributed by atoms with van der Waals surface area (Å²) in [5.74, 6) is 0.726. The number of nitrogens with zero attached hydrogens (tertiary/aromatic N) is 3. The van der Waals surface area contributed by atoms with Gasteiger partial charge in [-0.3, -0.25) is 14.6 Å². The maximum atomic E-state index is 5.37. The molecule has 0 spiro atoms. The molecule has 0 aliphatic heterocycles. The van der Waals surface area contributed by atoms with Crippen LogP contribution in [0.5, 0.6) is 0 Å². The predicted molar refractivity (Wildman–Crippen MR) is 81.5 cm³/mol. The van der Waals surface area contributed by atoms with E-state index in [1.54, 1.807) is 6.20 Å². The topological polar surface area (TPSA) is 46.5 Å². The molecule has 3 rings (SSSR count). The Kier molecular flexibility index (Phi) is 3.20. The van der Waals surface area contributed by atoms with Crippen LogP contribution in [-0.2, 0) is 0 Å². The number of pyridine rings is 1. The predicted octanol–water partition coefficient (Wildman–Crippen LogP) is 3.61. The van der Waals surface area contributed by atoms with Crippen molar-refractivity contribution in [3.05, 3.63) is 58.5 Å². The highest BCUT2D eigenvalue weighted by molar-refractivity contribution is 7.71. The average molecular weight is 282 g/mol. The molecule has 0 saturated carbocycles. The number of rotatable bonds is 2. The summed E-state index contributed by atoms with van der Waals surface area (Å²) in [6.07, 6.45) is 1.75. The third kappa shape index (κ3) is 2.16. The molecule has 0 radical (unpaired) electrons. The summed E-state index contributed by atoms with van der Waals surface area (Å²) < 4.78 is 2.50. The van der Waals surface area contributed by atoms with Gasteiger partial charge < -0.3 is 0 Å². The number of aromatic nitrogens is 4. The average Bonchev–Trinajstić information content (AvgIpc) is 2.84. The summed E-state index contributed by atoms with van der Waals surface area (Å²) in [6, 6.07) is 12.0. The Morgan fingerprint density at radius 1 is 1.15 bits per heavy atom. The molecule has 0 fully saturated rings. The second kappa shape index (κ2) is 5.02. The van der Waals surface area contributed by atoms with E-state index in [0.717, 1.165) is 22.8 Å². The van der Waals surface area contributed by atoms with Crippen LogP contribution in [0.25, 0.3) is 17.2 Å². The molecule has 1 N–H and O–H groups in total. The van der Waals surface area contributed by atoms with Gasteiger partial charge in [0.2, 0.25) is 0 Å². The first-order valence-electron chi connectivity index (χ1n) is 6.33. The fourth-order valence-electron chi connectivity index (χ4n) is 2.15. The molecule has 4 nitrogen and oxygen atoms in total. The SMILES string of the molecule is Cc1ccc(C)c(-n2c(-c3ccccn3)n[nH]c2=S)c1. The Morgan fingerprint density at radius 2 is 2.00 bits per heavy atom. The van der Waals surface area contributed by atoms with E-state index in [9.17, 15) is 0 Å². The van der Waals surface area contributed by atoms with Crippen molar-refractivity contribution in [3.63, 3.8) is 0 Å². The lowest BCUT2D eigenvalue weighted by Gasteiger charge is -2.10. The molecule has 0 aliphatic rings. The lowest BCUT2D eigenvalue weighted by atomic mass is 10.1. The molecule has 0 bridgehead atoms. The molecule has 0 aliphatic carbocycles. The summed E-state index contributed by atoms with van der Waals surface area (Å²) in [7, 11) is 0. The first kappa shape index (κ1) is 12.7. The minimum absolute atomic E-state index is 0.569. The van der Waals surface area contributed by atoms with E-state index < -0.39 is 0 Å². The second-order valence-electron chi connectivity index (χ2n) is 4.69. The van der Waals surface area contributed by atoms with Gasteiger partial charge in [0, 0.05) is 6.20 Å². The van der Waals surface area contributed by atoms with E-state index in [4.69, 9.17) is 12.2 Å². The van der Waals surface area contributed by atoms with Gasteiger partial charge in [0.25, 0.3) is 0 Å². The third-order valence-electron chi connectivity index (χ3n) is 3.17. The standard InChI is InChI=1S/C15H14N4S/c1-10-6-7-11(2)13(9-10)19-14(17-18-15(19)20)12-5-3-4-8-16-12/h3-9H,1-2H3,(H,18,20). The second-order valence-corrected chi connectivity index (χ2v) is 5.08. The minimum Gasteiger partial charge on any atom is -0.267 e. The quantitative estimate of drug-likeness (QED) is 0.730. The number of benzene rings is 1. The van der Waals surface area contributed by atoms with Gasteiger partial charge in [-0.25, -0.2) is 0 Å². The van der Waals surface area contributed by atoms with Crippen molar-refractivity contribution in [1.29, 1.82) is 0 Å². The Balaban J connectivity index is 2.27. The lowest BCUT2D eigenvalue weighted by molar-refractivity contribution is 1.01. The molecule has 3 aromatic rings. The molecule has 2 heterocycles. The lowest BCUT2D eigenvalue weighted by Crippen LogP contribution is -2.01. The Labute approximate surface area is 122 Å². The Bertz CT molecular complexity index is 802. The maximum Gasteiger partial charge on any atom is 0.200 e. The van der Waals surface area contributed by atoms with Crippen molar-refractivity contribution in [2.24, 2.45) is 0 Å². The fraction of sp³-hybridized carbons (Fsp3) is 0.133. The number of aryl methyl sites for hydroxylation is 2. The van der Waals surface area contributed by atoms with Crippen LogP contribution >= 0.6 is 12.2 Å². The Hall–Kier alpha value is -2.27. The molecule has 0 amide bonds. The van der Waals surface area contributed by atoms with Crippen LogP contribution < -0.4 is 0 Å². The molecular weight excluding hydrogens is 268 g/mol. The van der Waals surface area contributed by atoms with E-state index in [-0.39, 0.29) is 0 Å². The number of H-pyrrole nitrogens is 1. The van der Waals surface area contributed by atoms with Crippen LogP contribution in [-0.4, -0.2) is 19.7 Å². The van der Waals surface area contributed by atoms with E-state index in [1.165, 1.54) is 5.56 Å². The zero-order chi connectivity index (χ0) is 14.1. The van der Waals surface area contributed by atoms with Gasteiger partial charge in [-0.1, -0.05) is 18.2 Å². The van der Waals surface area contributed by atoms with Crippen molar-refractivity contribution in [2.45, 2.75) is 13.8 Å². The summed E-state index contributed by atoms with van der Waals surface area (Å²) >= 11 is 5.37. The molecule has 2 aromatic heterocycles. The van der Waals surface area contributed by atoms with Gasteiger partial charge in [0.05, 0.1) is 5.69 Å². The van der Waals surface area contributed by atoms with Gasteiger partial charge in [-0.15, -0.1) is 0 Å². The zero-order valence-electron chi connectivity index (χ0n) is 11.3. The van der Waals surface area contributed by atoms with Gasteiger partial charge in [0.1, 0.15) is 5.69 Å². The van der Waals surface area contributed by atoms with Crippen LogP contribution in [0.3, 0.4) is 0 Å². The number of hydrogen-bond acceptors (Lipinski definition) is 3. The van der Waals surface area contributed by atoms with Crippen LogP contribution in [0.4, 0.5) is 0 Å².